The quantitative estimate of drug-likeness (QED) is 0.806. The molecule has 2 aromatic rings. The SMILES string of the molecule is Fc1cc(Br)cc(CC2(c3ccccc3Br)CNC2)c1. The number of nitrogens with one attached hydrogen (secondary N) is 1. The maximum Gasteiger partial charge on any atom is 0.124 e. The fourth-order valence-electron chi connectivity index (χ4n) is 2.83. The van der Waals surface area contributed by atoms with Crippen LogP contribution in [0.2, 0.25) is 0 Å². The molecule has 3 rings (SSSR count). The summed E-state index contributed by atoms with van der Waals surface area (Å²) in [5.74, 6) is -0.191. The molecule has 0 amide bonds. The highest BCUT2D eigenvalue weighted by Crippen LogP contribution is 2.37. The van der Waals surface area contributed by atoms with Gasteiger partial charge in [0.1, 0.15) is 5.82 Å². The summed E-state index contributed by atoms with van der Waals surface area (Å²) >= 11 is 7.00. The van der Waals surface area contributed by atoms with Crippen LogP contribution in [-0.4, -0.2) is 13.1 Å². The molecule has 1 N–H and O–H groups in total. The van der Waals surface area contributed by atoms with Crippen LogP contribution in [0.15, 0.2) is 51.4 Å². The molecule has 0 saturated carbocycles. The minimum absolute atomic E-state index is 0.0489. The molecule has 1 saturated heterocycles. The second-order valence-electron chi connectivity index (χ2n) is 5.32. The van der Waals surface area contributed by atoms with E-state index in [9.17, 15) is 4.39 Å². The van der Waals surface area contributed by atoms with Crippen molar-refractivity contribution in [2.45, 2.75) is 11.8 Å². The van der Waals surface area contributed by atoms with Crippen LogP contribution in [0, 0.1) is 5.82 Å². The van der Waals surface area contributed by atoms with Crippen molar-refractivity contribution < 1.29 is 4.39 Å². The van der Waals surface area contributed by atoms with Gasteiger partial charge in [0.15, 0.2) is 0 Å². The van der Waals surface area contributed by atoms with Crippen LogP contribution in [0.1, 0.15) is 11.1 Å². The minimum Gasteiger partial charge on any atom is -0.315 e. The molecule has 1 aliphatic heterocycles. The summed E-state index contributed by atoms with van der Waals surface area (Å²) in [5.41, 5.74) is 2.36. The molecule has 0 aliphatic carbocycles. The van der Waals surface area contributed by atoms with E-state index in [2.05, 4.69) is 55.4 Å². The Hall–Kier alpha value is -0.710. The number of hydrogen-bond donors (Lipinski definition) is 1. The Balaban J connectivity index is 1.96. The number of rotatable bonds is 3. The van der Waals surface area contributed by atoms with Gasteiger partial charge in [-0.3, -0.25) is 0 Å². The first kappa shape index (κ1) is 14.2. The second-order valence-corrected chi connectivity index (χ2v) is 7.09. The lowest BCUT2D eigenvalue weighted by atomic mass is 9.71. The number of halogens is 3. The van der Waals surface area contributed by atoms with Gasteiger partial charge in [-0.25, -0.2) is 4.39 Å². The van der Waals surface area contributed by atoms with Crippen LogP contribution in [0.4, 0.5) is 4.39 Å². The molecule has 0 atom stereocenters. The summed E-state index contributed by atoms with van der Waals surface area (Å²) < 4.78 is 15.5. The van der Waals surface area contributed by atoms with E-state index < -0.39 is 0 Å². The Kier molecular flexibility index (Phi) is 3.98. The van der Waals surface area contributed by atoms with Gasteiger partial charge < -0.3 is 5.32 Å². The molecular weight excluding hydrogens is 385 g/mol. The molecule has 0 radical (unpaired) electrons. The standard InChI is InChI=1S/C16H14Br2FN/c17-12-5-11(6-13(19)7-12)8-16(9-20-10-16)14-3-1-2-4-15(14)18/h1-7,20H,8-10H2. The molecule has 0 bridgehead atoms. The van der Waals surface area contributed by atoms with Crippen molar-refractivity contribution >= 4 is 31.9 Å². The first-order valence-corrected chi connectivity index (χ1v) is 8.08. The molecule has 4 heteroatoms. The van der Waals surface area contributed by atoms with Gasteiger partial charge in [0.25, 0.3) is 0 Å². The molecule has 104 valence electrons. The van der Waals surface area contributed by atoms with E-state index in [1.807, 2.05) is 12.1 Å². The fraction of sp³-hybridized carbons (Fsp3) is 0.250. The first-order valence-electron chi connectivity index (χ1n) is 6.50. The van der Waals surface area contributed by atoms with Crippen molar-refractivity contribution in [1.29, 1.82) is 0 Å². The van der Waals surface area contributed by atoms with Crippen molar-refractivity contribution in [1.82, 2.24) is 5.32 Å². The Labute approximate surface area is 134 Å². The maximum absolute atomic E-state index is 13.6. The lowest BCUT2D eigenvalue weighted by molar-refractivity contribution is 0.273. The van der Waals surface area contributed by atoms with Crippen molar-refractivity contribution in [3.8, 4) is 0 Å². The topological polar surface area (TPSA) is 12.0 Å². The fourth-order valence-corrected chi connectivity index (χ4v) is 4.05. The summed E-state index contributed by atoms with van der Waals surface area (Å²) in [6.07, 6.45) is 0.832. The lowest BCUT2D eigenvalue weighted by Gasteiger charge is -2.44. The Morgan fingerprint density at radius 3 is 2.45 bits per heavy atom. The summed E-state index contributed by atoms with van der Waals surface area (Å²) in [6, 6.07) is 13.4. The van der Waals surface area contributed by atoms with E-state index in [4.69, 9.17) is 0 Å². The lowest BCUT2D eigenvalue weighted by Crippen LogP contribution is -2.58. The van der Waals surface area contributed by atoms with Gasteiger partial charge >= 0.3 is 0 Å². The van der Waals surface area contributed by atoms with E-state index >= 15 is 0 Å². The van der Waals surface area contributed by atoms with Crippen LogP contribution in [-0.2, 0) is 11.8 Å². The van der Waals surface area contributed by atoms with Gasteiger partial charge in [0.2, 0.25) is 0 Å². The first-order chi connectivity index (χ1) is 9.59. The van der Waals surface area contributed by atoms with E-state index in [1.165, 1.54) is 11.6 Å². The average Bonchev–Trinajstić information content (AvgIpc) is 2.34. The van der Waals surface area contributed by atoms with Gasteiger partial charge in [-0.1, -0.05) is 50.1 Å². The molecule has 0 spiro atoms. The Morgan fingerprint density at radius 1 is 1.10 bits per heavy atom. The normalized spacial score (nSPS) is 16.8. The summed E-state index contributed by atoms with van der Waals surface area (Å²) in [6.45, 7) is 1.84. The second kappa shape index (κ2) is 5.58. The zero-order chi connectivity index (χ0) is 14.2. The third kappa shape index (κ3) is 2.69. The summed E-state index contributed by atoms with van der Waals surface area (Å²) in [5, 5.41) is 3.35. The van der Waals surface area contributed by atoms with Crippen LogP contribution >= 0.6 is 31.9 Å². The molecular formula is C16H14Br2FN. The van der Waals surface area contributed by atoms with Gasteiger partial charge in [-0.15, -0.1) is 0 Å². The van der Waals surface area contributed by atoms with Crippen LogP contribution in [0.5, 0.6) is 0 Å². The minimum atomic E-state index is -0.191. The molecule has 20 heavy (non-hydrogen) atoms. The van der Waals surface area contributed by atoms with Gasteiger partial charge in [-0.2, -0.15) is 0 Å². The largest absolute Gasteiger partial charge is 0.315 e. The summed E-state index contributed by atoms with van der Waals surface area (Å²) in [4.78, 5) is 0. The Bertz CT molecular complexity index is 618. The molecule has 1 fully saturated rings. The number of hydrogen-bond acceptors (Lipinski definition) is 1. The Morgan fingerprint density at radius 2 is 1.85 bits per heavy atom. The molecule has 1 heterocycles. The average molecular weight is 399 g/mol. The molecule has 1 nitrogen and oxygen atoms in total. The zero-order valence-electron chi connectivity index (χ0n) is 10.8. The van der Waals surface area contributed by atoms with E-state index in [0.29, 0.717) is 0 Å². The molecule has 0 aromatic heterocycles. The monoisotopic (exact) mass is 397 g/mol. The van der Waals surface area contributed by atoms with Crippen LogP contribution in [0.3, 0.4) is 0 Å². The molecule has 1 aliphatic rings. The molecule has 0 unspecified atom stereocenters. The summed E-state index contributed by atoms with van der Waals surface area (Å²) in [7, 11) is 0. The predicted octanol–water partition coefficient (Wildman–Crippen LogP) is 4.43. The third-order valence-corrected chi connectivity index (χ3v) is 4.99. The van der Waals surface area contributed by atoms with Crippen molar-refractivity contribution in [3.05, 3.63) is 68.4 Å². The van der Waals surface area contributed by atoms with Gasteiger partial charge in [0.05, 0.1) is 0 Å². The van der Waals surface area contributed by atoms with Crippen molar-refractivity contribution in [2.75, 3.05) is 13.1 Å². The predicted molar refractivity (Wildman–Crippen MR) is 86.5 cm³/mol. The van der Waals surface area contributed by atoms with E-state index in [0.717, 1.165) is 34.0 Å². The highest BCUT2D eigenvalue weighted by atomic mass is 79.9. The van der Waals surface area contributed by atoms with Gasteiger partial charge in [-0.05, 0) is 41.8 Å². The molecule has 2 aromatic carbocycles. The highest BCUT2D eigenvalue weighted by Gasteiger charge is 2.39. The third-order valence-electron chi connectivity index (χ3n) is 3.84. The van der Waals surface area contributed by atoms with Crippen LogP contribution in [0.25, 0.3) is 0 Å². The van der Waals surface area contributed by atoms with E-state index in [1.54, 1.807) is 6.07 Å². The highest BCUT2D eigenvalue weighted by molar-refractivity contribution is 9.10. The zero-order valence-corrected chi connectivity index (χ0v) is 14.0. The van der Waals surface area contributed by atoms with Crippen molar-refractivity contribution in [3.63, 3.8) is 0 Å². The number of benzene rings is 2. The maximum atomic E-state index is 13.6. The van der Waals surface area contributed by atoms with E-state index in [-0.39, 0.29) is 11.2 Å². The van der Waals surface area contributed by atoms with Crippen molar-refractivity contribution in [2.24, 2.45) is 0 Å². The van der Waals surface area contributed by atoms with Crippen LogP contribution < -0.4 is 5.32 Å². The van der Waals surface area contributed by atoms with Gasteiger partial charge in [0, 0.05) is 27.4 Å². The smallest absolute Gasteiger partial charge is 0.124 e.